The normalized spacial score (nSPS) is 14.0. The number of aromatic amines is 1. The van der Waals surface area contributed by atoms with Crippen molar-refractivity contribution >= 4 is 29.2 Å². The number of carbonyl (C=O) groups is 2. The summed E-state index contributed by atoms with van der Waals surface area (Å²) in [4.78, 5) is 37.3. The Morgan fingerprint density at radius 3 is 2.58 bits per heavy atom. The molecule has 31 heavy (non-hydrogen) atoms. The van der Waals surface area contributed by atoms with Crippen LogP contribution in [0.3, 0.4) is 0 Å². The second-order valence-electron chi connectivity index (χ2n) is 7.37. The molecule has 1 aliphatic heterocycles. The molecule has 0 unspecified atom stereocenters. The van der Waals surface area contributed by atoms with Crippen molar-refractivity contribution in [2.75, 3.05) is 31.1 Å². The van der Waals surface area contributed by atoms with E-state index in [1.807, 2.05) is 55.3 Å². The zero-order chi connectivity index (χ0) is 22.2. The number of hydrogen-bond donors (Lipinski definition) is 2. The Labute approximate surface area is 180 Å². The first-order chi connectivity index (χ1) is 15.0. The monoisotopic (exact) mass is 425 g/mol. The van der Waals surface area contributed by atoms with Gasteiger partial charge in [0, 0.05) is 37.9 Å². The molecule has 1 fully saturated rings. The van der Waals surface area contributed by atoms with Gasteiger partial charge in [0.05, 0.1) is 11.5 Å². The van der Waals surface area contributed by atoms with E-state index in [2.05, 4.69) is 19.9 Å². The minimum Gasteiger partial charge on any atom is -0.491 e. The fraction of sp³-hybridized carbons (Fsp3) is 0.364. The van der Waals surface area contributed by atoms with Crippen molar-refractivity contribution in [3.05, 3.63) is 48.4 Å². The molecule has 3 aromatic rings. The predicted molar refractivity (Wildman–Crippen MR) is 118 cm³/mol. The lowest BCUT2D eigenvalue weighted by atomic mass is 10.2. The number of H-pyrrole nitrogens is 1. The molecule has 0 spiro atoms. The summed E-state index contributed by atoms with van der Waals surface area (Å²) in [5, 5.41) is 7.91. The van der Waals surface area contributed by atoms with Gasteiger partial charge >= 0.3 is 0 Å². The van der Waals surface area contributed by atoms with Crippen molar-refractivity contribution in [3.8, 4) is 5.75 Å². The number of hydrogen-bond acceptors (Lipinski definition) is 6. The van der Waals surface area contributed by atoms with E-state index in [-0.39, 0.29) is 18.5 Å². The maximum atomic E-state index is 12.9. The van der Waals surface area contributed by atoms with Crippen LogP contribution < -0.4 is 9.64 Å². The van der Waals surface area contributed by atoms with Crippen LogP contribution in [0, 0.1) is 0 Å². The van der Waals surface area contributed by atoms with Crippen LogP contribution in [0.5, 0.6) is 5.75 Å². The van der Waals surface area contributed by atoms with Crippen LogP contribution in [0.15, 0.2) is 42.9 Å². The third kappa shape index (κ3) is 5.50. The quantitative estimate of drug-likeness (QED) is 0.618. The Morgan fingerprint density at radius 1 is 1.13 bits per heavy atom. The zero-order valence-electron chi connectivity index (χ0n) is 17.7. The van der Waals surface area contributed by atoms with Crippen LogP contribution in [0.1, 0.15) is 30.6 Å². The van der Waals surface area contributed by atoms with E-state index in [1.54, 1.807) is 6.33 Å². The van der Waals surface area contributed by atoms with Gasteiger partial charge in [-0.2, -0.15) is 0 Å². The average Bonchev–Trinajstić information content (AvgIpc) is 3.11. The number of rotatable bonds is 4. The number of nitrogens with one attached hydrogen (secondary N) is 1. The summed E-state index contributed by atoms with van der Waals surface area (Å²) in [6, 6.07) is 9.41. The largest absolute Gasteiger partial charge is 0.491 e. The molecule has 3 heterocycles. The summed E-state index contributed by atoms with van der Waals surface area (Å²) in [5.74, 6) is 1.77. The molecule has 0 radical (unpaired) electrons. The van der Waals surface area contributed by atoms with Crippen molar-refractivity contribution in [1.29, 1.82) is 0 Å². The first kappa shape index (κ1) is 22.1. The van der Waals surface area contributed by atoms with Crippen molar-refractivity contribution < 1.29 is 19.4 Å². The van der Waals surface area contributed by atoms with E-state index in [0.29, 0.717) is 12.1 Å². The lowest BCUT2D eigenvalue weighted by Gasteiger charge is -2.23. The van der Waals surface area contributed by atoms with Gasteiger partial charge in [-0.05, 0) is 50.6 Å². The summed E-state index contributed by atoms with van der Waals surface area (Å²) in [6.07, 6.45) is 4.48. The van der Waals surface area contributed by atoms with E-state index in [4.69, 9.17) is 14.6 Å². The fourth-order valence-electron chi connectivity index (χ4n) is 3.57. The third-order valence-electron chi connectivity index (χ3n) is 4.89. The topological polar surface area (TPSA) is 112 Å². The molecular weight excluding hydrogens is 398 g/mol. The van der Waals surface area contributed by atoms with Crippen molar-refractivity contribution in [2.45, 2.75) is 26.4 Å². The molecule has 0 aliphatic carbocycles. The summed E-state index contributed by atoms with van der Waals surface area (Å²) < 4.78 is 5.66. The molecule has 2 N–H and O–H groups in total. The molecular formula is C22H27N5O4. The molecule has 9 nitrogen and oxygen atoms in total. The van der Waals surface area contributed by atoms with Crippen molar-refractivity contribution in [3.63, 3.8) is 0 Å². The smallest absolute Gasteiger partial charge is 0.290 e. The predicted octanol–water partition coefficient (Wildman–Crippen LogP) is 2.80. The number of benzene rings is 1. The van der Waals surface area contributed by atoms with Gasteiger partial charge in [0.2, 0.25) is 0 Å². The highest BCUT2D eigenvalue weighted by atomic mass is 16.5. The number of ether oxygens (including phenoxy) is 1. The number of aromatic nitrogens is 3. The zero-order valence-corrected chi connectivity index (χ0v) is 17.7. The minimum absolute atomic E-state index is 0.0624. The van der Waals surface area contributed by atoms with Crippen LogP contribution in [-0.4, -0.2) is 69.6 Å². The number of nitrogens with zero attached hydrogens (tertiary/aromatic N) is 4. The van der Waals surface area contributed by atoms with Gasteiger partial charge in [-0.3, -0.25) is 9.59 Å². The van der Waals surface area contributed by atoms with Gasteiger partial charge in [-0.25, -0.2) is 9.97 Å². The molecule has 1 amide bonds. The van der Waals surface area contributed by atoms with Crippen molar-refractivity contribution in [2.24, 2.45) is 0 Å². The van der Waals surface area contributed by atoms with E-state index >= 15 is 0 Å². The number of carbonyl (C=O) groups excluding carboxylic acids is 1. The highest BCUT2D eigenvalue weighted by molar-refractivity contribution is 5.94. The Balaban J connectivity index is 0.000000858. The van der Waals surface area contributed by atoms with Gasteiger partial charge in [0.15, 0.2) is 0 Å². The van der Waals surface area contributed by atoms with Crippen LogP contribution >= 0.6 is 0 Å². The summed E-state index contributed by atoms with van der Waals surface area (Å²) >= 11 is 0. The number of amides is 1. The molecule has 0 bridgehead atoms. The van der Waals surface area contributed by atoms with Gasteiger partial charge in [0.25, 0.3) is 12.4 Å². The average molecular weight is 425 g/mol. The second kappa shape index (κ2) is 10.4. The highest BCUT2D eigenvalue weighted by Gasteiger charge is 2.22. The molecule has 9 heteroatoms. The Bertz CT molecular complexity index is 1000. The van der Waals surface area contributed by atoms with E-state index in [1.165, 1.54) is 0 Å². The standard InChI is InChI=1S/C21H25N5O2.CH2O2/c1-15(2)28-17-6-4-16(5-7-17)21(27)26-11-3-10-25(12-13-26)20-18-8-9-22-19(18)23-14-24-20;2-1-3/h4-9,14-15H,3,10-13H2,1-2H3,(H,22,23,24);1H,(H,2,3). The lowest BCUT2D eigenvalue weighted by molar-refractivity contribution is -0.122. The summed E-state index contributed by atoms with van der Waals surface area (Å²) in [7, 11) is 0. The molecule has 4 rings (SSSR count). The maximum absolute atomic E-state index is 12.9. The highest BCUT2D eigenvalue weighted by Crippen LogP contribution is 2.23. The Morgan fingerprint density at radius 2 is 1.87 bits per heavy atom. The molecule has 2 aromatic heterocycles. The Hall–Kier alpha value is -3.62. The minimum atomic E-state index is -0.250. The van der Waals surface area contributed by atoms with E-state index in [9.17, 15) is 4.79 Å². The van der Waals surface area contributed by atoms with Crippen LogP contribution in [0.25, 0.3) is 11.0 Å². The van der Waals surface area contributed by atoms with Gasteiger partial charge in [-0.1, -0.05) is 0 Å². The van der Waals surface area contributed by atoms with E-state index in [0.717, 1.165) is 48.7 Å². The molecule has 0 saturated carbocycles. The van der Waals surface area contributed by atoms with Gasteiger partial charge < -0.3 is 24.6 Å². The van der Waals surface area contributed by atoms with Gasteiger partial charge in [0.1, 0.15) is 23.5 Å². The van der Waals surface area contributed by atoms with E-state index < -0.39 is 0 Å². The molecule has 1 aliphatic rings. The third-order valence-corrected chi connectivity index (χ3v) is 4.89. The number of anilines is 1. The second-order valence-corrected chi connectivity index (χ2v) is 7.37. The SMILES string of the molecule is CC(C)Oc1ccc(C(=O)N2CCCN(c3ncnc4[nH]ccc34)CC2)cc1.O=CO. The molecule has 1 saturated heterocycles. The molecule has 0 atom stereocenters. The Kier molecular flexibility index (Phi) is 7.42. The molecule has 1 aromatic carbocycles. The van der Waals surface area contributed by atoms with Crippen LogP contribution in [-0.2, 0) is 4.79 Å². The maximum Gasteiger partial charge on any atom is 0.290 e. The van der Waals surface area contributed by atoms with Crippen LogP contribution in [0.4, 0.5) is 5.82 Å². The van der Waals surface area contributed by atoms with Crippen LogP contribution in [0.2, 0.25) is 0 Å². The summed E-state index contributed by atoms with van der Waals surface area (Å²) in [6.45, 7) is 6.74. The van der Waals surface area contributed by atoms with Gasteiger partial charge in [-0.15, -0.1) is 0 Å². The number of carboxylic acid groups (broad SMARTS) is 1. The van der Waals surface area contributed by atoms with Crippen molar-refractivity contribution in [1.82, 2.24) is 19.9 Å². The number of fused-ring (bicyclic) bond motifs is 1. The lowest BCUT2D eigenvalue weighted by Crippen LogP contribution is -2.35. The fourth-order valence-corrected chi connectivity index (χ4v) is 3.57. The molecule has 164 valence electrons. The first-order valence-electron chi connectivity index (χ1n) is 10.2. The first-order valence-corrected chi connectivity index (χ1v) is 10.2. The summed E-state index contributed by atoms with van der Waals surface area (Å²) in [5.41, 5.74) is 1.53.